The van der Waals surface area contributed by atoms with Gasteiger partial charge in [0.1, 0.15) is 65.8 Å². The number of para-hydroxylation sites is 3. The lowest BCUT2D eigenvalue weighted by molar-refractivity contribution is -0.192. The molecule has 6 heterocycles. The summed E-state index contributed by atoms with van der Waals surface area (Å²) < 4.78 is 38.0. The topological polar surface area (TPSA) is 478 Å². The van der Waals surface area contributed by atoms with E-state index in [-0.39, 0.29) is 105 Å². The average Bonchev–Trinajstić information content (AvgIpc) is 0.488. The van der Waals surface area contributed by atoms with Crippen molar-refractivity contribution in [1.29, 1.82) is 0 Å². The Balaban J connectivity index is 0.000000186. The van der Waals surface area contributed by atoms with Crippen LogP contribution in [0.1, 0.15) is 89.3 Å². The third-order valence-electron chi connectivity index (χ3n) is 21.7. The molecule has 18 atom stereocenters. The number of phenols is 3. The summed E-state index contributed by atoms with van der Waals surface area (Å²) >= 11 is 0. The zero-order valence-corrected chi connectivity index (χ0v) is 66.0. The second kappa shape index (κ2) is 40.8. The summed E-state index contributed by atoms with van der Waals surface area (Å²) in [5.41, 5.74) is 2.19. The van der Waals surface area contributed by atoms with E-state index < -0.39 is 186 Å². The minimum absolute atomic E-state index is 0.0655. The van der Waals surface area contributed by atoms with Gasteiger partial charge in [0.2, 0.25) is 35.6 Å². The molecule has 33 nitrogen and oxygen atoms in total. The molecule has 0 spiro atoms. The van der Waals surface area contributed by atoms with Crippen LogP contribution in [0.3, 0.4) is 0 Å². The second-order valence-corrected chi connectivity index (χ2v) is 30.2. The molecule has 6 aromatic carbocycles. The number of esters is 4. The molecule has 6 aliphatic rings. The van der Waals surface area contributed by atoms with Crippen LogP contribution in [0.5, 0.6) is 17.2 Å². The van der Waals surface area contributed by atoms with Gasteiger partial charge in [0.15, 0.2) is 0 Å². The van der Waals surface area contributed by atoms with Gasteiger partial charge in [0, 0.05) is 18.9 Å². The summed E-state index contributed by atoms with van der Waals surface area (Å²) in [6.45, 7) is 10.1. The number of amides is 8. The summed E-state index contributed by atoms with van der Waals surface area (Å²) in [4.78, 5) is 160. The Morgan fingerprint density at radius 1 is 0.373 bits per heavy atom. The number of hydrogen-bond donors (Lipinski definition) is 13. The predicted octanol–water partition coefficient (Wildman–Crippen LogP) is 1.64. The van der Waals surface area contributed by atoms with E-state index in [1.165, 1.54) is 83.0 Å². The van der Waals surface area contributed by atoms with Gasteiger partial charge in [0.05, 0.1) is 116 Å². The van der Waals surface area contributed by atoms with Crippen molar-refractivity contribution in [2.45, 2.75) is 152 Å². The molecular weight excluding hydrogens is 1530 g/mol. The molecule has 630 valence electrons. The molecule has 0 aliphatic carbocycles. The monoisotopic (exact) mass is 1630 g/mol. The van der Waals surface area contributed by atoms with Crippen molar-refractivity contribution < 1.29 is 121 Å². The van der Waals surface area contributed by atoms with Crippen molar-refractivity contribution >= 4 is 71.1 Å². The number of cyclic esters (lactones) is 4. The molecule has 6 fully saturated rings. The fraction of sp³-hybridized carbons (Fsp3) is 0.435. The Bertz CT molecular complexity index is 4350. The highest BCUT2D eigenvalue weighted by atomic mass is 16.6. The number of aromatic hydroxyl groups is 3. The Morgan fingerprint density at radius 2 is 0.695 bits per heavy atom. The van der Waals surface area contributed by atoms with E-state index in [2.05, 4.69) is 37.2 Å². The van der Waals surface area contributed by atoms with E-state index >= 15 is 0 Å². The summed E-state index contributed by atoms with van der Waals surface area (Å²) in [5.74, 6) is -13.9. The van der Waals surface area contributed by atoms with Gasteiger partial charge in [-0.05, 0) is 100 Å². The van der Waals surface area contributed by atoms with Crippen molar-refractivity contribution in [3.05, 3.63) is 197 Å². The number of hydrogen-bond acceptors (Lipinski definition) is 25. The predicted molar refractivity (Wildman–Crippen MR) is 418 cm³/mol. The first-order valence-corrected chi connectivity index (χ1v) is 38.8. The lowest BCUT2D eigenvalue weighted by Gasteiger charge is -2.41. The van der Waals surface area contributed by atoms with Crippen molar-refractivity contribution in [1.82, 2.24) is 42.1 Å². The standard InChI is InChI=1S/C29H35N3O8.C28H33N3O8.C28H32N2O9/c1-16-25(34)21(13-18-9-5-4-6-10-18)30-27(36)23(31-26(35)20-11-7-8-12-22(20)33)17(2)40-29(38)24(19-14-39-15-19)32(3)28(16)37;1-15-24(33)20(12-17-8-4-3-5-9-17)29-27(36)22(30-26(35)19-10-6-7-11-21(19)32)16(2)39-28(37)23(31-25(15)34)18-13-38-14-18;1-15-23(32)20(12-17-8-4-3-5-9-17)29-26(34)22(30-25(33)19-10-6-7-11-21(19)31)16(2)38-28(36)24(39-27(15)35)18-13-37-14-18/h4-12,16-17,19,21,23-25,33-34H,13-15H2,1-3H3,(H,30,36)(H,31,35);3-11,15-16,18,20,22-24,32-33H,12-14H2,1-2H3,(H,29,36)(H,30,35)(H,31,34);3-11,15-16,18,20,22-24,31-32H,12-14H2,1-2H3,(H,29,34)(H,30,33)/t16-,17-,21+,23+,24?,25+;15-,16-,20+,22+,23?,24+;15-,16-,20+,22+,23+,24?/m111/s1. The maximum absolute atomic E-state index is 13.7. The number of nitrogens with zero attached hydrogens (tertiary/aromatic N) is 1. The van der Waals surface area contributed by atoms with Gasteiger partial charge in [-0.25, -0.2) is 14.4 Å². The molecule has 0 bridgehead atoms. The van der Waals surface area contributed by atoms with Gasteiger partial charge in [-0.3, -0.25) is 43.2 Å². The molecule has 13 N–H and O–H groups in total. The van der Waals surface area contributed by atoms with E-state index in [1.54, 1.807) is 55.5 Å². The number of rotatable bonds is 15. The highest BCUT2D eigenvalue weighted by Crippen LogP contribution is 2.30. The Labute approximate surface area is 680 Å². The third-order valence-corrected chi connectivity index (χ3v) is 21.7. The summed E-state index contributed by atoms with van der Waals surface area (Å²) in [7, 11) is 1.48. The SMILES string of the molecule is C[C@H]1OC(=O)C(C2COC2)N(C)C(=O)[C@H](C)[C@H](O)[C@H](Cc2ccccc2)NC(=O)[C@H]1NC(=O)c1ccccc1O.C[C@H]1OC(=O)C(C2COC2)NC(=O)[C@H](C)[C@H](O)[C@H](Cc2ccccc2)NC(=O)[C@H]1NC(=O)c1ccccc1O.C[C@H]1OC(=O)C(C2COC2)OC(=O)[C@H](C)[C@H](O)[C@H](Cc2ccccc2)NC(=O)[C@H]1NC(=O)c1ccccc1O. The van der Waals surface area contributed by atoms with Crippen LogP contribution in [-0.2, 0) is 95.6 Å². The maximum atomic E-state index is 13.7. The van der Waals surface area contributed by atoms with Crippen LogP contribution < -0.4 is 37.2 Å². The lowest BCUT2D eigenvalue weighted by atomic mass is 9.89. The number of aliphatic hydroxyl groups excluding tert-OH is 3. The first kappa shape index (κ1) is 88.5. The molecule has 8 amide bonds. The fourth-order valence-electron chi connectivity index (χ4n) is 14.1. The van der Waals surface area contributed by atoms with Gasteiger partial charge in [0.25, 0.3) is 17.7 Å². The van der Waals surface area contributed by atoms with Crippen LogP contribution in [0.25, 0.3) is 0 Å². The molecule has 6 aromatic rings. The van der Waals surface area contributed by atoms with E-state index in [0.717, 1.165) is 16.7 Å². The fourth-order valence-corrected chi connectivity index (χ4v) is 14.1. The number of carbonyl (C=O) groups excluding carboxylic acids is 12. The van der Waals surface area contributed by atoms with Gasteiger partial charge in [-0.2, -0.15) is 0 Å². The van der Waals surface area contributed by atoms with Crippen LogP contribution >= 0.6 is 0 Å². The number of benzene rings is 6. The maximum Gasteiger partial charge on any atom is 0.348 e. The second-order valence-electron chi connectivity index (χ2n) is 30.2. The summed E-state index contributed by atoms with van der Waals surface area (Å²) in [5, 5.41) is 82.8. The van der Waals surface area contributed by atoms with Gasteiger partial charge in [-0.1, -0.05) is 141 Å². The van der Waals surface area contributed by atoms with Crippen LogP contribution in [0.2, 0.25) is 0 Å². The van der Waals surface area contributed by atoms with Crippen LogP contribution in [-0.4, -0.2) is 244 Å². The zero-order valence-electron chi connectivity index (χ0n) is 66.0. The largest absolute Gasteiger partial charge is 0.507 e. The average molecular weight is 1630 g/mol. The lowest BCUT2D eigenvalue weighted by Crippen LogP contribution is -2.62. The van der Waals surface area contributed by atoms with Crippen LogP contribution in [0.15, 0.2) is 164 Å². The Kier molecular flexibility index (Phi) is 30.6. The molecule has 0 aromatic heterocycles. The number of carbonyl (C=O) groups is 12. The quantitative estimate of drug-likeness (QED) is 0.0513. The Morgan fingerprint density at radius 3 is 1.04 bits per heavy atom. The van der Waals surface area contributed by atoms with Gasteiger partial charge >= 0.3 is 23.9 Å². The molecule has 6 saturated heterocycles. The van der Waals surface area contributed by atoms with Crippen molar-refractivity contribution in [2.24, 2.45) is 35.5 Å². The van der Waals surface area contributed by atoms with Crippen molar-refractivity contribution in [2.75, 3.05) is 46.7 Å². The van der Waals surface area contributed by atoms with Crippen LogP contribution in [0, 0.1) is 35.5 Å². The van der Waals surface area contributed by atoms with E-state index in [4.69, 9.17) is 33.2 Å². The van der Waals surface area contributed by atoms with E-state index in [1.807, 2.05) is 78.9 Å². The van der Waals surface area contributed by atoms with Crippen molar-refractivity contribution in [3.63, 3.8) is 0 Å². The third kappa shape index (κ3) is 22.2. The molecule has 6 aliphatic heterocycles. The number of aliphatic hydroxyl groups is 3. The highest BCUT2D eigenvalue weighted by Gasteiger charge is 2.49. The number of phenolic OH excluding ortho intramolecular Hbond substituents is 3. The molecular formula is C85H100N8O25. The van der Waals surface area contributed by atoms with Gasteiger partial charge < -0.3 is 106 Å². The summed E-state index contributed by atoms with van der Waals surface area (Å²) in [6, 6.07) is 35.8. The smallest absolute Gasteiger partial charge is 0.348 e. The number of nitrogens with one attached hydrogen (secondary N) is 7. The summed E-state index contributed by atoms with van der Waals surface area (Å²) in [6.07, 6.45) is -8.33. The first-order chi connectivity index (χ1) is 56.4. The van der Waals surface area contributed by atoms with Crippen LogP contribution in [0.4, 0.5) is 0 Å². The molecule has 118 heavy (non-hydrogen) atoms. The minimum atomic E-state index is -1.41. The van der Waals surface area contributed by atoms with Gasteiger partial charge in [-0.15, -0.1) is 0 Å². The molecule has 0 saturated carbocycles. The highest BCUT2D eigenvalue weighted by molar-refractivity contribution is 6.02. The molecule has 0 radical (unpaired) electrons. The Hall–Kier alpha value is -11.9. The zero-order chi connectivity index (χ0) is 85.2. The first-order valence-electron chi connectivity index (χ1n) is 38.8. The molecule has 3 unspecified atom stereocenters. The van der Waals surface area contributed by atoms with E-state index in [0.29, 0.717) is 0 Å². The van der Waals surface area contributed by atoms with Crippen molar-refractivity contribution in [3.8, 4) is 17.2 Å². The number of likely N-dealkylation sites (N-methyl/N-ethyl adjacent to an activating group) is 1. The van der Waals surface area contributed by atoms with E-state index in [9.17, 15) is 88.2 Å². The molecule has 33 heteroatoms. The number of ether oxygens (including phenoxy) is 7. The minimum Gasteiger partial charge on any atom is -0.507 e. The molecule has 12 rings (SSSR count). The normalized spacial score (nSPS) is 28.5.